The highest BCUT2D eigenvalue weighted by molar-refractivity contribution is 6.13. The molecule has 0 radical (unpaired) electrons. The molecule has 2 heterocycles. The maximum Gasteiger partial charge on any atom is 0.243 e. The number of hydrogen-bond acceptors (Lipinski definition) is 2. The molecule has 1 unspecified atom stereocenters. The van der Waals surface area contributed by atoms with E-state index in [2.05, 4.69) is 62.3 Å². The van der Waals surface area contributed by atoms with Crippen molar-refractivity contribution in [2.75, 3.05) is 4.90 Å². The lowest BCUT2D eigenvalue weighted by molar-refractivity contribution is -0.122. The van der Waals surface area contributed by atoms with Crippen molar-refractivity contribution in [1.29, 1.82) is 0 Å². The van der Waals surface area contributed by atoms with E-state index in [4.69, 9.17) is 0 Å². The summed E-state index contributed by atoms with van der Waals surface area (Å²) in [5.41, 5.74) is 7.58. The zero-order valence-electron chi connectivity index (χ0n) is 16.7. The van der Waals surface area contributed by atoms with E-state index in [9.17, 15) is 4.79 Å². The van der Waals surface area contributed by atoms with Crippen LogP contribution in [0.5, 0.6) is 0 Å². The van der Waals surface area contributed by atoms with Crippen LogP contribution in [0.2, 0.25) is 0 Å². The third-order valence-corrected chi connectivity index (χ3v) is 6.20. The highest BCUT2D eigenvalue weighted by Crippen LogP contribution is 2.52. The van der Waals surface area contributed by atoms with Crippen molar-refractivity contribution < 1.29 is 4.79 Å². The van der Waals surface area contributed by atoms with Gasteiger partial charge in [0.25, 0.3) is 0 Å². The van der Waals surface area contributed by atoms with Crippen molar-refractivity contribution in [3.63, 3.8) is 0 Å². The molecule has 0 saturated carbocycles. The van der Waals surface area contributed by atoms with Crippen LogP contribution >= 0.6 is 0 Å². The quantitative estimate of drug-likeness (QED) is 0.673. The van der Waals surface area contributed by atoms with Gasteiger partial charge in [-0.15, -0.1) is 0 Å². The number of aromatic nitrogens is 2. The predicted octanol–water partition coefficient (Wildman–Crippen LogP) is 4.62. The van der Waals surface area contributed by atoms with Gasteiger partial charge in [-0.05, 0) is 61.4 Å². The van der Waals surface area contributed by atoms with Crippen LogP contribution in [0.3, 0.4) is 0 Å². The van der Waals surface area contributed by atoms with Gasteiger partial charge in [-0.1, -0.05) is 42.8 Å². The fourth-order valence-electron chi connectivity index (χ4n) is 4.89. The van der Waals surface area contributed by atoms with Gasteiger partial charge in [0, 0.05) is 12.7 Å². The minimum Gasteiger partial charge on any atom is -0.277 e. The summed E-state index contributed by atoms with van der Waals surface area (Å²) in [7, 11) is 0. The maximum absolute atomic E-state index is 13.9. The number of hydrogen-bond donors (Lipinski definition) is 0. The first-order chi connectivity index (χ1) is 13.5. The van der Waals surface area contributed by atoms with Crippen molar-refractivity contribution in [2.24, 2.45) is 0 Å². The molecule has 0 fully saturated rings. The van der Waals surface area contributed by atoms with E-state index in [1.807, 2.05) is 22.0 Å². The van der Waals surface area contributed by atoms with Gasteiger partial charge in [-0.25, -0.2) is 0 Å². The second kappa shape index (κ2) is 6.06. The zero-order valence-corrected chi connectivity index (χ0v) is 16.7. The van der Waals surface area contributed by atoms with Gasteiger partial charge in [0.1, 0.15) is 0 Å². The molecule has 2 aliphatic rings. The lowest BCUT2D eigenvalue weighted by atomic mass is 9.78. The molecule has 4 nitrogen and oxygen atoms in total. The van der Waals surface area contributed by atoms with Crippen LogP contribution in [0.1, 0.15) is 41.2 Å². The number of fused-ring (bicyclic) bond motifs is 3. The molecule has 1 amide bonds. The van der Waals surface area contributed by atoms with Crippen LogP contribution in [0.25, 0.3) is 0 Å². The monoisotopic (exact) mass is 371 g/mol. The van der Waals surface area contributed by atoms with Crippen molar-refractivity contribution in [3.05, 3.63) is 76.6 Å². The smallest absolute Gasteiger partial charge is 0.243 e. The van der Waals surface area contributed by atoms with Crippen molar-refractivity contribution in [1.82, 2.24) is 9.78 Å². The largest absolute Gasteiger partial charge is 0.277 e. The minimum atomic E-state index is -0.494. The molecular formula is C24H25N3O. The Labute approximate surface area is 165 Å². The SMILES string of the molecule is CCCn1cc(N2C(=O)C3(Cc4ccc(C)cc4C3)c3ccc(C)cc32)cn1. The van der Waals surface area contributed by atoms with Crippen LogP contribution in [-0.4, -0.2) is 15.7 Å². The van der Waals surface area contributed by atoms with Gasteiger partial charge in [0.15, 0.2) is 0 Å². The molecule has 4 heteroatoms. The molecule has 5 rings (SSSR count). The van der Waals surface area contributed by atoms with E-state index in [1.54, 1.807) is 0 Å². The van der Waals surface area contributed by atoms with E-state index in [0.717, 1.165) is 42.7 Å². The topological polar surface area (TPSA) is 38.1 Å². The molecule has 1 aromatic heterocycles. The van der Waals surface area contributed by atoms with Gasteiger partial charge in [0.2, 0.25) is 5.91 Å². The lowest BCUT2D eigenvalue weighted by Crippen LogP contribution is -2.39. The highest BCUT2D eigenvalue weighted by Gasteiger charge is 2.54. The van der Waals surface area contributed by atoms with E-state index in [1.165, 1.54) is 22.3 Å². The van der Waals surface area contributed by atoms with Crippen molar-refractivity contribution in [3.8, 4) is 0 Å². The summed E-state index contributed by atoms with van der Waals surface area (Å²) >= 11 is 0. The Bertz CT molecular complexity index is 1100. The fourth-order valence-corrected chi connectivity index (χ4v) is 4.89. The predicted molar refractivity (Wildman–Crippen MR) is 111 cm³/mol. The second-order valence-corrected chi connectivity index (χ2v) is 8.33. The second-order valence-electron chi connectivity index (χ2n) is 8.33. The Kier molecular flexibility index (Phi) is 3.73. The molecule has 28 heavy (non-hydrogen) atoms. The Morgan fingerprint density at radius 2 is 1.79 bits per heavy atom. The van der Waals surface area contributed by atoms with Gasteiger partial charge in [-0.2, -0.15) is 5.10 Å². The molecule has 0 saturated heterocycles. The summed E-state index contributed by atoms with van der Waals surface area (Å²) in [5, 5.41) is 4.47. The van der Waals surface area contributed by atoms with Crippen molar-refractivity contribution in [2.45, 2.75) is 52.0 Å². The summed E-state index contributed by atoms with van der Waals surface area (Å²) in [6.45, 7) is 7.20. The lowest BCUT2D eigenvalue weighted by Gasteiger charge is -2.23. The van der Waals surface area contributed by atoms with Crippen LogP contribution in [0.15, 0.2) is 48.8 Å². The van der Waals surface area contributed by atoms with Crippen LogP contribution in [-0.2, 0) is 29.6 Å². The third kappa shape index (κ3) is 2.37. The maximum atomic E-state index is 13.9. The Morgan fingerprint density at radius 3 is 2.61 bits per heavy atom. The molecular weight excluding hydrogens is 346 g/mol. The molecule has 1 spiro atoms. The number of carbonyl (C=O) groups is 1. The zero-order chi connectivity index (χ0) is 19.5. The van der Waals surface area contributed by atoms with Gasteiger partial charge >= 0.3 is 0 Å². The molecule has 1 atom stereocenters. The van der Waals surface area contributed by atoms with Gasteiger partial charge in [0.05, 0.1) is 23.0 Å². The number of carbonyl (C=O) groups excluding carboxylic acids is 1. The Balaban J connectivity index is 1.64. The van der Waals surface area contributed by atoms with E-state index < -0.39 is 5.41 Å². The third-order valence-electron chi connectivity index (χ3n) is 6.20. The first kappa shape index (κ1) is 17.2. The standard InChI is InChI=1S/C24H25N3O/c1-4-9-26-15-20(14-25-26)27-22-11-17(3)6-8-21(22)24(23(27)28)12-18-7-5-16(2)10-19(18)13-24/h5-8,10-11,14-15H,4,9,12-13H2,1-3H3. The summed E-state index contributed by atoms with van der Waals surface area (Å²) in [5.74, 6) is 0.179. The van der Waals surface area contributed by atoms with Gasteiger partial charge in [-0.3, -0.25) is 14.4 Å². The molecule has 0 N–H and O–H groups in total. The first-order valence-corrected chi connectivity index (χ1v) is 10.1. The molecule has 2 aromatic carbocycles. The normalized spacial score (nSPS) is 20.1. The number of benzene rings is 2. The summed E-state index contributed by atoms with van der Waals surface area (Å²) < 4.78 is 1.93. The summed E-state index contributed by atoms with van der Waals surface area (Å²) in [6, 6.07) is 13.0. The number of anilines is 2. The average molecular weight is 371 g/mol. The van der Waals surface area contributed by atoms with E-state index >= 15 is 0 Å². The molecule has 1 aliphatic heterocycles. The molecule has 0 bridgehead atoms. The number of nitrogens with zero attached hydrogens (tertiary/aromatic N) is 3. The van der Waals surface area contributed by atoms with Crippen LogP contribution in [0.4, 0.5) is 11.4 Å². The average Bonchev–Trinajstić information content (AvgIpc) is 3.32. The molecule has 3 aromatic rings. The first-order valence-electron chi connectivity index (χ1n) is 10.1. The van der Waals surface area contributed by atoms with E-state index in [-0.39, 0.29) is 5.91 Å². The van der Waals surface area contributed by atoms with E-state index in [0.29, 0.717) is 0 Å². The number of rotatable bonds is 3. The molecule has 142 valence electrons. The van der Waals surface area contributed by atoms with Gasteiger partial charge < -0.3 is 0 Å². The Morgan fingerprint density at radius 1 is 1.04 bits per heavy atom. The Hall–Kier alpha value is -2.88. The fraction of sp³-hybridized carbons (Fsp3) is 0.333. The summed E-state index contributed by atoms with van der Waals surface area (Å²) in [4.78, 5) is 15.8. The van der Waals surface area contributed by atoms with Crippen LogP contribution < -0.4 is 4.90 Å². The summed E-state index contributed by atoms with van der Waals surface area (Å²) in [6.07, 6.45) is 6.39. The molecule has 1 aliphatic carbocycles. The minimum absolute atomic E-state index is 0.179. The number of aryl methyl sites for hydroxylation is 3. The number of amides is 1. The van der Waals surface area contributed by atoms with Crippen molar-refractivity contribution >= 4 is 17.3 Å². The van der Waals surface area contributed by atoms with Crippen LogP contribution in [0, 0.1) is 13.8 Å². The highest BCUT2D eigenvalue weighted by atomic mass is 16.2.